The lowest BCUT2D eigenvalue weighted by atomic mass is 10.3. The second kappa shape index (κ2) is 7.46. The van der Waals surface area contributed by atoms with Crippen molar-refractivity contribution < 1.29 is 13.6 Å². The van der Waals surface area contributed by atoms with E-state index in [0.29, 0.717) is 11.0 Å². The Kier molecular flexibility index (Phi) is 5.06. The highest BCUT2D eigenvalue weighted by atomic mass is 19.2. The lowest BCUT2D eigenvalue weighted by molar-refractivity contribution is 0.101. The molecule has 1 amide bonds. The third-order valence-corrected chi connectivity index (χ3v) is 3.71. The molecule has 2 aromatic heterocycles. The molecule has 0 aliphatic carbocycles. The van der Waals surface area contributed by atoms with E-state index in [0.717, 1.165) is 27.6 Å². The van der Waals surface area contributed by atoms with Gasteiger partial charge in [0.05, 0.1) is 5.69 Å². The van der Waals surface area contributed by atoms with Gasteiger partial charge in [0.1, 0.15) is 0 Å². The third-order valence-electron chi connectivity index (χ3n) is 3.71. The number of aromatic nitrogens is 7. The molecule has 0 atom stereocenters. The minimum Gasteiger partial charge on any atom is -0.288 e. The van der Waals surface area contributed by atoms with Crippen LogP contribution in [0.3, 0.4) is 0 Å². The molecule has 2 heterocycles. The third kappa shape index (κ3) is 3.28. The van der Waals surface area contributed by atoms with E-state index in [9.17, 15) is 23.2 Å². The number of anilines is 1. The van der Waals surface area contributed by atoms with E-state index < -0.39 is 40.2 Å². The van der Waals surface area contributed by atoms with Crippen molar-refractivity contribution in [3.63, 3.8) is 0 Å². The molecule has 0 radical (unpaired) electrons. The van der Waals surface area contributed by atoms with Crippen LogP contribution < -0.4 is 16.6 Å². The maximum atomic E-state index is 14.2. The quantitative estimate of drug-likeness (QED) is 0.640. The number of nitrogens with zero attached hydrogens (tertiary/aromatic N) is 7. The Hall–Kier alpha value is -3.77. The van der Waals surface area contributed by atoms with Gasteiger partial charge >= 0.3 is 5.69 Å². The Bertz CT molecular complexity index is 1170. The van der Waals surface area contributed by atoms with E-state index in [-0.39, 0.29) is 12.5 Å². The second-order valence-electron chi connectivity index (χ2n) is 5.65. The molecule has 28 heavy (non-hydrogen) atoms. The van der Waals surface area contributed by atoms with E-state index in [1.165, 1.54) is 7.05 Å². The van der Waals surface area contributed by atoms with Crippen molar-refractivity contribution in [2.75, 3.05) is 5.32 Å². The van der Waals surface area contributed by atoms with Gasteiger partial charge in [-0.3, -0.25) is 14.9 Å². The summed E-state index contributed by atoms with van der Waals surface area (Å²) in [5, 5.41) is 16.5. The largest absolute Gasteiger partial charge is 0.352 e. The van der Waals surface area contributed by atoms with E-state index in [1.54, 1.807) is 6.92 Å². The molecule has 0 unspecified atom stereocenters. The minimum absolute atomic E-state index is 0.0435. The first-order valence-electron chi connectivity index (χ1n) is 8.07. The second-order valence-corrected chi connectivity index (χ2v) is 5.65. The number of carbonyl (C=O) groups excluding carboxylic acids is 1. The molecule has 1 aromatic carbocycles. The van der Waals surface area contributed by atoms with Crippen LogP contribution in [-0.2, 0) is 13.6 Å². The Morgan fingerprint density at radius 1 is 1.25 bits per heavy atom. The highest BCUT2D eigenvalue weighted by molar-refractivity contribution is 6.01. The first-order valence-corrected chi connectivity index (χ1v) is 8.07. The zero-order valence-electron chi connectivity index (χ0n) is 14.8. The van der Waals surface area contributed by atoms with Crippen LogP contribution in [0.15, 0.2) is 27.8 Å². The lowest BCUT2D eigenvalue weighted by Crippen LogP contribution is -2.45. The number of carbonyl (C=O) groups is 1. The van der Waals surface area contributed by atoms with Crippen molar-refractivity contribution in [3.05, 3.63) is 56.4 Å². The number of hydrogen-bond donors (Lipinski definition) is 1. The fraction of sp³-hybridized carbons (Fsp3) is 0.267. The van der Waals surface area contributed by atoms with Gasteiger partial charge < -0.3 is 0 Å². The molecule has 0 fully saturated rings. The van der Waals surface area contributed by atoms with E-state index in [2.05, 4.69) is 25.9 Å². The van der Waals surface area contributed by atoms with Gasteiger partial charge in [-0.05, 0) is 29.0 Å². The number of hydrogen-bond acceptors (Lipinski definition) is 7. The van der Waals surface area contributed by atoms with Crippen LogP contribution in [-0.4, -0.2) is 40.5 Å². The molecule has 11 nitrogen and oxygen atoms in total. The number of aryl methyl sites for hydroxylation is 2. The normalized spacial score (nSPS) is 10.9. The molecule has 0 spiro atoms. The molecule has 1 N–H and O–H groups in total. The van der Waals surface area contributed by atoms with Crippen LogP contribution in [0.4, 0.5) is 14.7 Å². The van der Waals surface area contributed by atoms with Gasteiger partial charge in [0.25, 0.3) is 11.5 Å². The summed E-state index contributed by atoms with van der Waals surface area (Å²) in [5.74, 6) is -3.75. The molecule has 146 valence electrons. The summed E-state index contributed by atoms with van der Waals surface area (Å²) in [6, 6.07) is 3.02. The molecular weight excluding hydrogens is 378 g/mol. The summed E-state index contributed by atoms with van der Waals surface area (Å²) in [6.45, 7) is 1.78. The number of benzene rings is 1. The van der Waals surface area contributed by atoms with Crippen LogP contribution in [0.2, 0.25) is 0 Å². The summed E-state index contributed by atoms with van der Waals surface area (Å²) in [6.07, 6.45) is 0.436. The molecule has 0 bridgehead atoms. The molecule has 0 saturated carbocycles. The SMILES string of the molecule is CCCn1nc(C(=O)Nc2nnnn2C)c(=O)n(-c2cccc(F)c2F)c1=O. The van der Waals surface area contributed by atoms with Crippen LogP contribution >= 0.6 is 0 Å². The van der Waals surface area contributed by atoms with Gasteiger partial charge in [0, 0.05) is 13.6 Å². The zero-order valence-corrected chi connectivity index (χ0v) is 14.8. The van der Waals surface area contributed by atoms with Gasteiger partial charge in [0.15, 0.2) is 11.6 Å². The predicted octanol–water partition coefficient (Wildman–Crippen LogP) is -0.142. The molecule has 13 heteroatoms. The number of nitrogens with one attached hydrogen (secondary N) is 1. The van der Waals surface area contributed by atoms with Gasteiger partial charge in [-0.1, -0.05) is 18.1 Å². The Morgan fingerprint density at radius 3 is 2.64 bits per heavy atom. The first kappa shape index (κ1) is 19.0. The summed E-state index contributed by atoms with van der Waals surface area (Å²) in [4.78, 5) is 37.8. The minimum atomic E-state index is -1.40. The van der Waals surface area contributed by atoms with Crippen LogP contribution in [0.25, 0.3) is 5.69 Å². The van der Waals surface area contributed by atoms with Crippen molar-refractivity contribution in [1.82, 2.24) is 34.6 Å². The number of amides is 1. The highest BCUT2D eigenvalue weighted by Gasteiger charge is 2.23. The lowest BCUT2D eigenvalue weighted by Gasteiger charge is -2.12. The van der Waals surface area contributed by atoms with E-state index in [4.69, 9.17) is 0 Å². The van der Waals surface area contributed by atoms with Crippen molar-refractivity contribution >= 4 is 11.9 Å². The topological polar surface area (TPSA) is 130 Å². The first-order chi connectivity index (χ1) is 13.3. The van der Waals surface area contributed by atoms with Gasteiger partial charge in [-0.25, -0.2) is 27.5 Å². The summed E-state index contributed by atoms with van der Waals surface area (Å²) >= 11 is 0. The molecule has 0 aliphatic heterocycles. The van der Waals surface area contributed by atoms with Crippen LogP contribution in [0, 0.1) is 11.6 Å². The standard InChI is InChI=1S/C15H14F2N8O3/c1-3-7-24-15(28)25(9-6-4-5-8(16)10(9)17)13(27)11(20-24)12(26)18-14-19-21-22-23(14)2/h4-6H,3,7H2,1-2H3,(H,18,19,22,26). The maximum absolute atomic E-state index is 14.2. The smallest absolute Gasteiger partial charge is 0.288 e. The van der Waals surface area contributed by atoms with Crippen molar-refractivity contribution in [3.8, 4) is 5.69 Å². The number of rotatable bonds is 5. The molecule has 0 saturated heterocycles. The molecule has 3 aromatic rings. The number of tetrazole rings is 1. The molecule has 3 rings (SSSR count). The fourth-order valence-electron chi connectivity index (χ4n) is 2.39. The Morgan fingerprint density at radius 2 is 2.00 bits per heavy atom. The average Bonchev–Trinajstić information content (AvgIpc) is 3.05. The predicted molar refractivity (Wildman–Crippen MR) is 91.1 cm³/mol. The van der Waals surface area contributed by atoms with Crippen molar-refractivity contribution in [2.24, 2.45) is 7.05 Å². The van der Waals surface area contributed by atoms with E-state index >= 15 is 0 Å². The molecular formula is C15H14F2N8O3. The Labute approximate surface area is 155 Å². The van der Waals surface area contributed by atoms with Crippen molar-refractivity contribution in [1.29, 1.82) is 0 Å². The summed E-state index contributed by atoms with van der Waals surface area (Å²) in [7, 11) is 1.45. The number of halogens is 2. The van der Waals surface area contributed by atoms with Crippen LogP contribution in [0.5, 0.6) is 0 Å². The Balaban J connectivity index is 2.21. The summed E-state index contributed by atoms with van der Waals surface area (Å²) in [5.41, 5.74) is -3.56. The average molecular weight is 392 g/mol. The van der Waals surface area contributed by atoms with Crippen LogP contribution in [0.1, 0.15) is 23.8 Å². The monoisotopic (exact) mass is 392 g/mol. The zero-order chi connectivity index (χ0) is 20.4. The fourth-order valence-corrected chi connectivity index (χ4v) is 2.39. The van der Waals surface area contributed by atoms with Crippen molar-refractivity contribution in [2.45, 2.75) is 19.9 Å². The van der Waals surface area contributed by atoms with Gasteiger partial charge in [-0.15, -0.1) is 0 Å². The van der Waals surface area contributed by atoms with Gasteiger partial charge in [0.2, 0.25) is 11.6 Å². The van der Waals surface area contributed by atoms with Gasteiger partial charge in [-0.2, -0.15) is 5.10 Å². The highest BCUT2D eigenvalue weighted by Crippen LogP contribution is 2.13. The van der Waals surface area contributed by atoms with E-state index in [1.807, 2.05) is 0 Å². The summed E-state index contributed by atoms with van der Waals surface area (Å²) < 4.78 is 30.2. The maximum Gasteiger partial charge on any atom is 0.352 e. The molecule has 0 aliphatic rings.